The van der Waals surface area contributed by atoms with Crippen LogP contribution in [0, 0.1) is 5.92 Å². The van der Waals surface area contributed by atoms with Crippen molar-refractivity contribution in [3.8, 4) is 0 Å². The molecule has 0 radical (unpaired) electrons. The number of aliphatic imine (C=N–C) groups is 1. The molecule has 0 fully saturated rings. The average molecular weight is 200 g/mol. The largest absolute Gasteiger partial charge is 0.378 e. The Morgan fingerprint density at radius 3 is 2.54 bits per heavy atom. The van der Waals surface area contributed by atoms with Crippen LogP contribution in [-0.4, -0.2) is 15.8 Å². The molecular formula is C9H16N2OS. The minimum absolute atomic E-state index is 0.0498. The van der Waals surface area contributed by atoms with E-state index in [-0.39, 0.29) is 10.7 Å². The van der Waals surface area contributed by atoms with Gasteiger partial charge in [0.05, 0.1) is 0 Å². The molecule has 0 spiro atoms. The Morgan fingerprint density at radius 1 is 1.62 bits per heavy atom. The van der Waals surface area contributed by atoms with E-state index in [2.05, 4.69) is 18.8 Å². The molecule has 1 heterocycles. The van der Waals surface area contributed by atoms with Crippen LogP contribution in [0.2, 0.25) is 0 Å². The Kier molecular flexibility index (Phi) is 3.01. The van der Waals surface area contributed by atoms with Gasteiger partial charge >= 0.3 is 0 Å². The normalized spacial score (nSPS) is 28.3. The lowest BCUT2D eigenvalue weighted by atomic mass is 9.93. The van der Waals surface area contributed by atoms with Crippen molar-refractivity contribution in [2.75, 3.05) is 0 Å². The van der Waals surface area contributed by atoms with E-state index in [1.54, 1.807) is 0 Å². The second-order valence-electron chi connectivity index (χ2n) is 3.80. The van der Waals surface area contributed by atoms with Crippen LogP contribution in [-0.2, 0) is 4.79 Å². The molecule has 0 aromatic carbocycles. The maximum atomic E-state index is 11.6. The van der Waals surface area contributed by atoms with Crippen molar-refractivity contribution in [2.45, 2.75) is 38.4 Å². The van der Waals surface area contributed by atoms with Crippen LogP contribution in [0.15, 0.2) is 4.99 Å². The zero-order chi connectivity index (χ0) is 10.1. The van der Waals surface area contributed by atoms with Gasteiger partial charge in [0.2, 0.25) is 0 Å². The van der Waals surface area contributed by atoms with E-state index in [0.717, 1.165) is 12.8 Å². The van der Waals surface area contributed by atoms with E-state index < -0.39 is 0 Å². The van der Waals surface area contributed by atoms with Gasteiger partial charge in [-0.1, -0.05) is 32.5 Å². The van der Waals surface area contributed by atoms with Crippen LogP contribution in [0.3, 0.4) is 0 Å². The first-order valence-corrected chi connectivity index (χ1v) is 5.39. The van der Waals surface area contributed by atoms with Crippen molar-refractivity contribution in [2.24, 2.45) is 16.6 Å². The van der Waals surface area contributed by atoms with Crippen molar-refractivity contribution >= 4 is 22.8 Å². The number of nitrogens with two attached hydrogens (primary N) is 1. The van der Waals surface area contributed by atoms with Crippen molar-refractivity contribution in [1.29, 1.82) is 0 Å². The SMILES string of the molecule is CC[C@]1(CC(C)C)SC(N)=NC1=O. The Morgan fingerprint density at radius 2 is 2.23 bits per heavy atom. The fraction of sp³-hybridized carbons (Fsp3) is 0.778. The second-order valence-corrected chi connectivity index (χ2v) is 5.21. The lowest BCUT2D eigenvalue weighted by molar-refractivity contribution is -0.120. The highest BCUT2D eigenvalue weighted by Crippen LogP contribution is 2.40. The predicted octanol–water partition coefficient (Wildman–Crippen LogP) is 1.77. The van der Waals surface area contributed by atoms with Crippen molar-refractivity contribution < 1.29 is 4.79 Å². The number of carbonyl (C=O) groups excluding carboxylic acids is 1. The monoisotopic (exact) mass is 200 g/mol. The number of hydrogen-bond acceptors (Lipinski definition) is 3. The Labute approximate surface area is 83.2 Å². The van der Waals surface area contributed by atoms with Crippen LogP contribution in [0.4, 0.5) is 0 Å². The third-order valence-corrected chi connectivity index (χ3v) is 3.53. The number of amides is 1. The van der Waals surface area contributed by atoms with Gasteiger partial charge in [0.25, 0.3) is 5.91 Å². The summed E-state index contributed by atoms with van der Waals surface area (Å²) < 4.78 is -0.363. The minimum Gasteiger partial charge on any atom is -0.378 e. The molecule has 74 valence electrons. The molecule has 1 rings (SSSR count). The molecule has 13 heavy (non-hydrogen) atoms. The van der Waals surface area contributed by atoms with E-state index >= 15 is 0 Å². The third-order valence-electron chi connectivity index (χ3n) is 2.21. The Hall–Kier alpha value is -0.510. The highest BCUT2D eigenvalue weighted by molar-refractivity contribution is 8.16. The molecule has 3 nitrogen and oxygen atoms in total. The third kappa shape index (κ3) is 2.05. The number of thioether (sulfide) groups is 1. The zero-order valence-corrected chi connectivity index (χ0v) is 9.15. The number of amidine groups is 1. The summed E-state index contributed by atoms with van der Waals surface area (Å²) in [4.78, 5) is 15.4. The van der Waals surface area contributed by atoms with Gasteiger partial charge in [-0.2, -0.15) is 4.99 Å². The quantitative estimate of drug-likeness (QED) is 0.755. The van der Waals surface area contributed by atoms with Gasteiger partial charge in [-0.15, -0.1) is 0 Å². The van der Waals surface area contributed by atoms with Crippen LogP contribution >= 0.6 is 11.8 Å². The maximum absolute atomic E-state index is 11.6. The molecular weight excluding hydrogens is 184 g/mol. The molecule has 0 aliphatic carbocycles. The smallest absolute Gasteiger partial charge is 0.264 e. The molecule has 1 aliphatic heterocycles. The summed E-state index contributed by atoms with van der Waals surface area (Å²) in [6, 6.07) is 0. The van der Waals surface area contributed by atoms with Gasteiger partial charge in [0.15, 0.2) is 5.17 Å². The number of carbonyl (C=O) groups is 1. The lowest BCUT2D eigenvalue weighted by Crippen LogP contribution is -2.32. The van der Waals surface area contributed by atoms with Gasteiger partial charge in [0.1, 0.15) is 4.75 Å². The standard InChI is InChI=1S/C9H16N2OS/c1-4-9(5-6(2)3)7(12)11-8(10)13-9/h6H,4-5H2,1-3H3,(H2,10,11,12)/t9-/m1/s1. The van der Waals surface area contributed by atoms with Crippen molar-refractivity contribution in [3.63, 3.8) is 0 Å². The summed E-state index contributed by atoms with van der Waals surface area (Å²) in [5.41, 5.74) is 5.54. The van der Waals surface area contributed by atoms with Crippen LogP contribution in [0.25, 0.3) is 0 Å². The Balaban J connectivity index is 2.79. The van der Waals surface area contributed by atoms with Crippen LogP contribution < -0.4 is 5.73 Å². The molecule has 1 amide bonds. The first kappa shape index (κ1) is 10.6. The van der Waals surface area contributed by atoms with Crippen LogP contribution in [0.5, 0.6) is 0 Å². The van der Waals surface area contributed by atoms with E-state index in [1.165, 1.54) is 11.8 Å². The highest BCUT2D eigenvalue weighted by Gasteiger charge is 2.43. The predicted molar refractivity (Wildman–Crippen MR) is 56.7 cm³/mol. The molecule has 0 bridgehead atoms. The van der Waals surface area contributed by atoms with Gasteiger partial charge < -0.3 is 5.73 Å². The van der Waals surface area contributed by atoms with E-state index in [9.17, 15) is 4.79 Å². The molecule has 2 N–H and O–H groups in total. The summed E-state index contributed by atoms with van der Waals surface area (Å²) in [6.07, 6.45) is 1.66. The fourth-order valence-electron chi connectivity index (χ4n) is 1.62. The molecule has 0 aromatic heterocycles. The van der Waals surface area contributed by atoms with E-state index in [0.29, 0.717) is 11.1 Å². The first-order chi connectivity index (χ1) is 6.00. The minimum atomic E-state index is -0.363. The summed E-state index contributed by atoms with van der Waals surface area (Å²) in [7, 11) is 0. The lowest BCUT2D eigenvalue weighted by Gasteiger charge is -2.25. The molecule has 1 aliphatic rings. The van der Waals surface area contributed by atoms with Gasteiger partial charge in [-0.3, -0.25) is 4.79 Å². The zero-order valence-electron chi connectivity index (χ0n) is 8.33. The molecule has 4 heteroatoms. The number of hydrogen-bond donors (Lipinski definition) is 1. The molecule has 0 unspecified atom stereocenters. The summed E-state index contributed by atoms with van der Waals surface area (Å²) >= 11 is 1.43. The maximum Gasteiger partial charge on any atom is 0.264 e. The van der Waals surface area contributed by atoms with Crippen molar-refractivity contribution in [3.05, 3.63) is 0 Å². The van der Waals surface area contributed by atoms with Gasteiger partial charge in [-0.05, 0) is 18.8 Å². The summed E-state index contributed by atoms with van der Waals surface area (Å²) in [6.45, 7) is 6.24. The highest BCUT2D eigenvalue weighted by atomic mass is 32.2. The molecule has 1 atom stereocenters. The topological polar surface area (TPSA) is 55.4 Å². The van der Waals surface area contributed by atoms with E-state index in [1.807, 2.05) is 6.92 Å². The second kappa shape index (κ2) is 3.70. The fourth-order valence-corrected chi connectivity index (χ4v) is 2.85. The molecule has 0 saturated carbocycles. The Bertz CT molecular complexity index is 250. The molecule has 0 saturated heterocycles. The van der Waals surface area contributed by atoms with Crippen molar-refractivity contribution in [1.82, 2.24) is 0 Å². The summed E-state index contributed by atoms with van der Waals surface area (Å²) in [5.74, 6) is 0.448. The van der Waals surface area contributed by atoms with Gasteiger partial charge in [-0.25, -0.2) is 0 Å². The summed E-state index contributed by atoms with van der Waals surface area (Å²) in [5, 5.41) is 0.424. The van der Waals surface area contributed by atoms with E-state index in [4.69, 9.17) is 5.73 Å². The van der Waals surface area contributed by atoms with Crippen LogP contribution in [0.1, 0.15) is 33.6 Å². The van der Waals surface area contributed by atoms with Gasteiger partial charge in [0, 0.05) is 0 Å². The first-order valence-electron chi connectivity index (χ1n) is 4.58. The average Bonchev–Trinajstić information content (AvgIpc) is 2.26. The number of nitrogens with zero attached hydrogens (tertiary/aromatic N) is 1. The molecule has 0 aromatic rings. The number of rotatable bonds is 3.